The molecule has 24 heavy (non-hydrogen) atoms. The van der Waals surface area contributed by atoms with Crippen LogP contribution in [0.1, 0.15) is 8.68 Å². The van der Waals surface area contributed by atoms with Crippen LogP contribution in [0.2, 0.25) is 0 Å². The summed E-state index contributed by atoms with van der Waals surface area (Å²) in [4.78, 5) is 21.1. The third-order valence-corrected chi connectivity index (χ3v) is 3.98. The molecule has 0 aliphatic rings. The topological polar surface area (TPSA) is 76.1 Å². The van der Waals surface area contributed by atoms with E-state index in [4.69, 9.17) is 4.74 Å². The number of benzene rings is 1. The van der Waals surface area contributed by atoms with E-state index in [9.17, 15) is 4.79 Å². The van der Waals surface area contributed by atoms with Gasteiger partial charge in [-0.3, -0.25) is 4.79 Å². The van der Waals surface area contributed by atoms with Gasteiger partial charge >= 0.3 is 0 Å². The Kier molecular flexibility index (Phi) is 6.77. The van der Waals surface area contributed by atoms with E-state index < -0.39 is 0 Å². The van der Waals surface area contributed by atoms with E-state index in [-0.39, 0.29) is 8.76 Å². The molecule has 6 nitrogen and oxygen atoms in total. The zero-order valence-corrected chi connectivity index (χ0v) is 14.5. The number of nitrogens with zero attached hydrogens (tertiary/aromatic N) is 2. The van der Waals surface area contributed by atoms with Gasteiger partial charge in [-0.2, -0.15) is 0 Å². The van der Waals surface area contributed by atoms with Crippen LogP contribution >= 0.6 is 11.8 Å². The monoisotopic (exact) mass is 348 g/mol. The Morgan fingerprint density at radius 1 is 1.46 bits per heavy atom. The summed E-state index contributed by atoms with van der Waals surface area (Å²) in [6, 6.07) is 7.41. The number of anilines is 3. The molecule has 1 amide bonds. The molecule has 0 saturated carbocycles. The number of hydrogen-bond donors (Lipinski definition) is 2. The molecule has 1 aromatic carbocycles. The zero-order valence-electron chi connectivity index (χ0n) is 13.7. The Morgan fingerprint density at radius 2 is 2.25 bits per heavy atom. The molecule has 2 rings (SSSR count). The number of nitrogens with one attached hydrogen (secondary N) is 2. The smallest absolute Gasteiger partial charge is 0.247 e. The molecule has 0 radical (unpaired) electrons. The third-order valence-electron chi connectivity index (χ3n) is 3.00. The maximum Gasteiger partial charge on any atom is 0.247 e. The highest BCUT2D eigenvalue weighted by Crippen LogP contribution is 2.28. The fraction of sp³-hybridized carbons (Fsp3) is 0.235. The highest BCUT2D eigenvalue weighted by Gasteiger charge is 2.08. The van der Waals surface area contributed by atoms with E-state index in [0.29, 0.717) is 18.1 Å². The summed E-state index contributed by atoms with van der Waals surface area (Å²) in [5, 5.41) is 6.02. The van der Waals surface area contributed by atoms with Gasteiger partial charge in [-0.15, -0.1) is 11.8 Å². The second-order valence-electron chi connectivity index (χ2n) is 4.87. The van der Waals surface area contributed by atoms with Gasteiger partial charge in [0.1, 0.15) is 11.6 Å². The highest BCUT2D eigenvalue weighted by atomic mass is 32.2. The Labute approximate surface area is 148 Å². The number of hydrogen-bond acceptors (Lipinski definition) is 6. The van der Waals surface area contributed by atoms with Gasteiger partial charge in [-0.1, -0.05) is 12.6 Å². The third kappa shape index (κ3) is 5.36. The Hall–Kier alpha value is -2.38. The lowest BCUT2D eigenvalue weighted by atomic mass is 10.2. The van der Waals surface area contributed by atoms with E-state index >= 15 is 0 Å². The first kappa shape index (κ1) is 18.0. The first-order chi connectivity index (χ1) is 11.6. The summed E-state index contributed by atoms with van der Waals surface area (Å²) >= 11 is 1.62. The number of methoxy groups -OCH3 is 1. The average molecular weight is 348 g/mol. The van der Waals surface area contributed by atoms with Crippen molar-refractivity contribution >= 4 is 34.9 Å². The van der Waals surface area contributed by atoms with Gasteiger partial charge in [-0.05, 0) is 31.2 Å². The summed E-state index contributed by atoms with van der Waals surface area (Å²) in [5.41, 5.74) is 1.51. The van der Waals surface area contributed by atoms with E-state index in [1.807, 2.05) is 31.2 Å². The van der Waals surface area contributed by atoms with Crippen molar-refractivity contribution in [2.45, 2.75) is 11.8 Å². The van der Waals surface area contributed by atoms with Crippen LogP contribution < -0.4 is 10.6 Å². The van der Waals surface area contributed by atoms with E-state index in [1.54, 1.807) is 25.1 Å². The minimum absolute atomic E-state index is 0. The fourth-order valence-electron chi connectivity index (χ4n) is 1.89. The van der Waals surface area contributed by atoms with Crippen LogP contribution in [0, 0.1) is 6.92 Å². The fourth-order valence-corrected chi connectivity index (χ4v) is 2.72. The summed E-state index contributed by atoms with van der Waals surface area (Å²) in [5.74, 6) is 1.98. The van der Waals surface area contributed by atoms with Crippen LogP contribution in [-0.2, 0) is 9.53 Å². The number of thioether (sulfide) groups is 1. The van der Waals surface area contributed by atoms with Crippen molar-refractivity contribution in [1.29, 1.82) is 0 Å². The molecule has 0 bridgehead atoms. The van der Waals surface area contributed by atoms with Crippen molar-refractivity contribution in [2.75, 3.05) is 30.1 Å². The quantitative estimate of drug-likeness (QED) is 0.428. The first-order valence-corrected chi connectivity index (χ1v) is 8.37. The summed E-state index contributed by atoms with van der Waals surface area (Å²) in [6.07, 6.45) is 3.03. The number of carbonyl (C=O) groups is 1. The maximum absolute atomic E-state index is 11.4. The molecule has 1 heterocycles. The SMILES string of the molecule is C=CC(=O)Nc1cccc(Nc2nc(C)ncc2SCCOC)c1.[HH].[HH]. The molecule has 1 aromatic heterocycles. The number of carbonyl (C=O) groups excluding carboxylic acids is 1. The number of ether oxygens (including phenoxy) is 1. The minimum atomic E-state index is -0.249. The second kappa shape index (κ2) is 9.05. The van der Waals surface area contributed by atoms with E-state index in [2.05, 4.69) is 27.2 Å². The van der Waals surface area contributed by atoms with Gasteiger partial charge in [-0.25, -0.2) is 9.97 Å². The predicted octanol–water partition coefficient (Wildman–Crippen LogP) is 3.88. The number of rotatable bonds is 8. The van der Waals surface area contributed by atoms with Crippen molar-refractivity contribution in [3.8, 4) is 0 Å². The largest absolute Gasteiger partial charge is 0.384 e. The average Bonchev–Trinajstić information content (AvgIpc) is 2.57. The molecule has 0 saturated heterocycles. The normalized spacial score (nSPS) is 10.2. The molecule has 0 fully saturated rings. The predicted molar refractivity (Wildman–Crippen MR) is 102 cm³/mol. The van der Waals surface area contributed by atoms with Crippen molar-refractivity contribution in [1.82, 2.24) is 9.97 Å². The van der Waals surface area contributed by atoms with Gasteiger partial charge < -0.3 is 15.4 Å². The van der Waals surface area contributed by atoms with Crippen LogP contribution in [0.5, 0.6) is 0 Å². The lowest BCUT2D eigenvalue weighted by molar-refractivity contribution is -0.111. The van der Waals surface area contributed by atoms with E-state index in [1.165, 1.54) is 6.08 Å². The summed E-state index contributed by atoms with van der Waals surface area (Å²) < 4.78 is 5.08. The Morgan fingerprint density at radius 3 is 3.00 bits per heavy atom. The number of amides is 1. The van der Waals surface area contributed by atoms with Crippen LogP contribution in [0.25, 0.3) is 0 Å². The lowest BCUT2D eigenvalue weighted by Crippen LogP contribution is -2.07. The summed E-state index contributed by atoms with van der Waals surface area (Å²) in [7, 11) is 1.68. The molecule has 130 valence electrons. The molecule has 0 unspecified atom stereocenters. The summed E-state index contributed by atoms with van der Waals surface area (Å²) in [6.45, 7) is 5.94. The van der Waals surface area contributed by atoms with Crippen molar-refractivity contribution < 1.29 is 12.4 Å². The highest BCUT2D eigenvalue weighted by molar-refractivity contribution is 7.99. The molecule has 0 atom stereocenters. The van der Waals surface area contributed by atoms with Gasteiger partial charge in [0.05, 0.1) is 11.5 Å². The molecule has 2 aromatic rings. The van der Waals surface area contributed by atoms with Crippen molar-refractivity contribution in [3.05, 3.63) is 48.9 Å². The molecule has 7 heteroatoms. The van der Waals surface area contributed by atoms with Gasteiger partial charge in [0.2, 0.25) is 5.91 Å². The maximum atomic E-state index is 11.4. The van der Waals surface area contributed by atoms with Crippen LogP contribution in [-0.4, -0.2) is 35.3 Å². The Balaban J connectivity index is 0.00000312. The lowest BCUT2D eigenvalue weighted by Gasteiger charge is -2.12. The number of aryl methyl sites for hydroxylation is 1. The molecule has 0 aliphatic heterocycles. The molecular formula is C17H24N4O2S. The van der Waals surface area contributed by atoms with Crippen molar-refractivity contribution in [3.63, 3.8) is 0 Å². The van der Waals surface area contributed by atoms with Gasteiger partial charge in [0, 0.05) is 33.3 Å². The second-order valence-corrected chi connectivity index (χ2v) is 6.01. The standard InChI is InChI=1S/C17H20N4O2S.2H2/c1-4-16(22)20-13-6-5-7-14(10-13)21-17-15(24-9-8-23-3)11-18-12(2)19-17;;/h4-7,10-11H,1,8-9H2,2-3H3,(H,20,22)(H,18,19,21);2*1H. The van der Waals surface area contributed by atoms with Crippen LogP contribution in [0.3, 0.4) is 0 Å². The molecule has 2 N–H and O–H groups in total. The van der Waals surface area contributed by atoms with Gasteiger partial charge in [0.25, 0.3) is 0 Å². The number of aromatic nitrogens is 2. The molecular weight excluding hydrogens is 324 g/mol. The molecule has 0 spiro atoms. The van der Waals surface area contributed by atoms with Crippen molar-refractivity contribution in [2.24, 2.45) is 0 Å². The molecule has 0 aliphatic carbocycles. The zero-order chi connectivity index (χ0) is 17.4. The van der Waals surface area contributed by atoms with Crippen LogP contribution in [0.15, 0.2) is 48.0 Å². The Bertz CT molecular complexity index is 732. The minimum Gasteiger partial charge on any atom is -0.384 e. The van der Waals surface area contributed by atoms with Crippen LogP contribution in [0.4, 0.5) is 17.2 Å². The van der Waals surface area contributed by atoms with Gasteiger partial charge in [0.15, 0.2) is 0 Å². The first-order valence-electron chi connectivity index (χ1n) is 7.38. The van der Waals surface area contributed by atoms with E-state index in [0.717, 1.165) is 22.2 Å².